The lowest BCUT2D eigenvalue weighted by atomic mass is 10.0. The van der Waals surface area contributed by atoms with Crippen LogP contribution in [0.15, 0.2) is 18.3 Å². The van der Waals surface area contributed by atoms with Crippen molar-refractivity contribution in [2.24, 2.45) is 5.92 Å². The first-order valence-corrected chi connectivity index (χ1v) is 8.28. The molecule has 0 aliphatic carbocycles. The Morgan fingerprint density at radius 2 is 2.24 bits per heavy atom. The van der Waals surface area contributed by atoms with E-state index in [0.29, 0.717) is 12.0 Å². The van der Waals surface area contributed by atoms with Gasteiger partial charge in [-0.15, -0.1) is 0 Å². The maximum Gasteiger partial charge on any atom is 0.0637 e. The molecule has 2 heterocycles. The Hall–Kier alpha value is -1.13. The molecule has 1 aromatic heterocycles. The number of aliphatic hydroxyl groups is 1. The molecular formula is C17H29N3O. The Morgan fingerprint density at radius 3 is 2.81 bits per heavy atom. The zero-order chi connectivity index (χ0) is 15.2. The van der Waals surface area contributed by atoms with Gasteiger partial charge in [0.1, 0.15) is 0 Å². The van der Waals surface area contributed by atoms with E-state index in [4.69, 9.17) is 0 Å². The number of nitrogens with zero attached hydrogens (tertiary/aromatic N) is 2. The monoisotopic (exact) mass is 291 g/mol. The van der Waals surface area contributed by atoms with Crippen LogP contribution in [-0.4, -0.2) is 35.8 Å². The van der Waals surface area contributed by atoms with Crippen molar-refractivity contribution in [3.63, 3.8) is 0 Å². The van der Waals surface area contributed by atoms with Gasteiger partial charge in [-0.3, -0.25) is 4.98 Å². The molecule has 3 unspecified atom stereocenters. The molecule has 1 fully saturated rings. The first-order chi connectivity index (χ1) is 10.2. The van der Waals surface area contributed by atoms with E-state index in [2.05, 4.69) is 48.1 Å². The third kappa shape index (κ3) is 3.74. The molecule has 118 valence electrons. The predicted molar refractivity (Wildman–Crippen MR) is 87.6 cm³/mol. The van der Waals surface area contributed by atoms with Crippen LogP contribution in [0.5, 0.6) is 0 Å². The number of anilines is 1. The summed E-state index contributed by atoms with van der Waals surface area (Å²) >= 11 is 0. The smallest absolute Gasteiger partial charge is 0.0637 e. The van der Waals surface area contributed by atoms with E-state index in [1.54, 1.807) is 0 Å². The van der Waals surface area contributed by atoms with E-state index in [0.717, 1.165) is 43.7 Å². The van der Waals surface area contributed by atoms with Crippen molar-refractivity contribution in [3.05, 3.63) is 24.0 Å². The van der Waals surface area contributed by atoms with E-state index in [9.17, 15) is 5.11 Å². The summed E-state index contributed by atoms with van der Waals surface area (Å²) in [4.78, 5) is 6.95. The fourth-order valence-electron chi connectivity index (χ4n) is 3.16. The molecule has 2 N–H and O–H groups in total. The van der Waals surface area contributed by atoms with Gasteiger partial charge in [0, 0.05) is 12.6 Å². The molecule has 0 radical (unpaired) electrons. The van der Waals surface area contributed by atoms with Crippen molar-refractivity contribution in [2.75, 3.05) is 24.6 Å². The van der Waals surface area contributed by atoms with Crippen molar-refractivity contribution in [2.45, 2.75) is 52.1 Å². The van der Waals surface area contributed by atoms with Crippen LogP contribution in [-0.2, 0) is 0 Å². The fourth-order valence-corrected chi connectivity index (χ4v) is 3.16. The van der Waals surface area contributed by atoms with E-state index in [-0.39, 0.29) is 12.6 Å². The molecule has 4 heteroatoms. The second kappa shape index (κ2) is 7.76. The molecule has 2 rings (SSSR count). The van der Waals surface area contributed by atoms with Gasteiger partial charge in [0.15, 0.2) is 0 Å². The normalized spacial score (nSPS) is 23.5. The third-order valence-corrected chi connectivity index (χ3v) is 4.58. The minimum Gasteiger partial charge on any atom is -0.394 e. The molecule has 1 aliphatic heterocycles. The van der Waals surface area contributed by atoms with Crippen LogP contribution in [0.2, 0.25) is 0 Å². The highest BCUT2D eigenvalue weighted by atomic mass is 16.3. The highest BCUT2D eigenvalue weighted by molar-refractivity contribution is 5.47. The first kappa shape index (κ1) is 16.2. The lowest BCUT2D eigenvalue weighted by Crippen LogP contribution is -2.35. The second-order valence-electron chi connectivity index (χ2n) is 6.07. The lowest BCUT2D eigenvalue weighted by molar-refractivity contribution is 0.244. The zero-order valence-corrected chi connectivity index (χ0v) is 13.5. The maximum absolute atomic E-state index is 9.57. The molecule has 1 saturated heterocycles. The molecule has 0 aromatic carbocycles. The number of nitrogens with one attached hydrogen (secondary N) is 1. The SMILES string of the molecule is CCCNC(CC)c1ccc(N2CCC(C)C2CO)cn1. The zero-order valence-electron chi connectivity index (χ0n) is 13.5. The summed E-state index contributed by atoms with van der Waals surface area (Å²) < 4.78 is 0. The van der Waals surface area contributed by atoms with Crippen molar-refractivity contribution in [3.8, 4) is 0 Å². The summed E-state index contributed by atoms with van der Waals surface area (Å²) in [6, 6.07) is 4.85. The van der Waals surface area contributed by atoms with Gasteiger partial charge < -0.3 is 15.3 Å². The van der Waals surface area contributed by atoms with Crippen LogP contribution in [0.1, 0.15) is 51.8 Å². The first-order valence-electron chi connectivity index (χ1n) is 8.28. The average molecular weight is 291 g/mol. The number of aliphatic hydroxyl groups excluding tert-OH is 1. The van der Waals surface area contributed by atoms with E-state index in [1.807, 2.05) is 6.20 Å². The van der Waals surface area contributed by atoms with Crippen LogP contribution >= 0.6 is 0 Å². The molecule has 21 heavy (non-hydrogen) atoms. The number of hydrogen-bond donors (Lipinski definition) is 2. The van der Waals surface area contributed by atoms with Gasteiger partial charge in [0.05, 0.1) is 30.2 Å². The number of aromatic nitrogens is 1. The fraction of sp³-hybridized carbons (Fsp3) is 0.706. The number of rotatable bonds is 7. The second-order valence-corrected chi connectivity index (χ2v) is 6.07. The van der Waals surface area contributed by atoms with Crippen molar-refractivity contribution in [1.82, 2.24) is 10.3 Å². The number of hydrogen-bond acceptors (Lipinski definition) is 4. The van der Waals surface area contributed by atoms with Gasteiger partial charge in [-0.1, -0.05) is 20.8 Å². The van der Waals surface area contributed by atoms with E-state index in [1.165, 1.54) is 0 Å². The minimum atomic E-state index is 0.221. The van der Waals surface area contributed by atoms with Crippen LogP contribution < -0.4 is 10.2 Å². The summed E-state index contributed by atoms with van der Waals surface area (Å²) in [6.07, 6.45) is 5.29. The molecule has 0 amide bonds. The Bertz CT molecular complexity index is 421. The Kier molecular flexibility index (Phi) is 6.00. The van der Waals surface area contributed by atoms with Gasteiger partial charge in [-0.2, -0.15) is 0 Å². The average Bonchev–Trinajstić information content (AvgIpc) is 2.89. The van der Waals surface area contributed by atoms with Crippen molar-refractivity contribution < 1.29 is 5.11 Å². The van der Waals surface area contributed by atoms with Gasteiger partial charge in [0.25, 0.3) is 0 Å². The molecule has 1 aromatic rings. The molecule has 3 atom stereocenters. The maximum atomic E-state index is 9.57. The summed E-state index contributed by atoms with van der Waals surface area (Å²) in [7, 11) is 0. The molecule has 0 saturated carbocycles. The Balaban J connectivity index is 2.07. The molecular weight excluding hydrogens is 262 g/mol. The summed E-state index contributed by atoms with van der Waals surface area (Å²) in [5.74, 6) is 0.546. The standard InChI is InChI=1S/C17H29N3O/c1-4-9-18-15(5-2)16-7-6-14(11-19-16)20-10-8-13(3)17(20)12-21/h6-7,11,13,15,17-18,21H,4-5,8-10,12H2,1-3H3. The topological polar surface area (TPSA) is 48.4 Å². The third-order valence-electron chi connectivity index (χ3n) is 4.58. The molecule has 4 nitrogen and oxygen atoms in total. The molecule has 0 bridgehead atoms. The lowest BCUT2D eigenvalue weighted by Gasteiger charge is -2.27. The van der Waals surface area contributed by atoms with E-state index >= 15 is 0 Å². The predicted octanol–water partition coefficient (Wildman–Crippen LogP) is 2.74. The number of pyridine rings is 1. The van der Waals surface area contributed by atoms with Gasteiger partial charge in [-0.05, 0) is 43.9 Å². The summed E-state index contributed by atoms with van der Waals surface area (Å²) in [5, 5.41) is 13.1. The van der Waals surface area contributed by atoms with Crippen molar-refractivity contribution in [1.29, 1.82) is 0 Å². The molecule has 0 spiro atoms. The highest BCUT2D eigenvalue weighted by Crippen LogP contribution is 2.29. The Labute approximate surface area is 128 Å². The Morgan fingerprint density at radius 1 is 1.43 bits per heavy atom. The van der Waals surface area contributed by atoms with E-state index < -0.39 is 0 Å². The van der Waals surface area contributed by atoms with Gasteiger partial charge in [-0.25, -0.2) is 0 Å². The summed E-state index contributed by atoms with van der Waals surface area (Å²) in [5.41, 5.74) is 2.25. The van der Waals surface area contributed by atoms with Gasteiger partial charge in [0.2, 0.25) is 0 Å². The minimum absolute atomic E-state index is 0.221. The largest absolute Gasteiger partial charge is 0.394 e. The quantitative estimate of drug-likeness (QED) is 0.811. The van der Waals surface area contributed by atoms with Gasteiger partial charge >= 0.3 is 0 Å². The van der Waals surface area contributed by atoms with Crippen LogP contribution in [0.25, 0.3) is 0 Å². The van der Waals surface area contributed by atoms with Crippen LogP contribution in [0, 0.1) is 5.92 Å². The summed E-state index contributed by atoms with van der Waals surface area (Å²) in [6.45, 7) is 8.84. The highest BCUT2D eigenvalue weighted by Gasteiger charge is 2.30. The van der Waals surface area contributed by atoms with Crippen LogP contribution in [0.4, 0.5) is 5.69 Å². The molecule has 1 aliphatic rings. The van der Waals surface area contributed by atoms with Crippen LogP contribution in [0.3, 0.4) is 0 Å². The van der Waals surface area contributed by atoms with Crippen molar-refractivity contribution >= 4 is 5.69 Å².